The number of hydrogen-bond acceptors (Lipinski definition) is 4. The van der Waals surface area contributed by atoms with Crippen molar-refractivity contribution in [1.29, 1.82) is 5.26 Å². The van der Waals surface area contributed by atoms with Gasteiger partial charge in [-0.2, -0.15) is 5.26 Å². The van der Waals surface area contributed by atoms with Crippen LogP contribution in [0.2, 0.25) is 0 Å². The van der Waals surface area contributed by atoms with Crippen LogP contribution in [0, 0.1) is 16.7 Å². The Balaban J connectivity index is 2.19. The Kier molecular flexibility index (Phi) is 6.69. The van der Waals surface area contributed by atoms with Gasteiger partial charge in [-0.05, 0) is 12.8 Å². The number of aliphatic hydroxyl groups is 1. The molecule has 0 aliphatic heterocycles. The third-order valence-electron chi connectivity index (χ3n) is 3.59. The lowest BCUT2D eigenvalue weighted by Crippen LogP contribution is -2.43. The van der Waals surface area contributed by atoms with Gasteiger partial charge in [-0.25, -0.2) is 0 Å². The monoisotopic (exact) mass is 253 g/mol. The predicted octanol–water partition coefficient (Wildman–Crippen LogP) is 0.549. The van der Waals surface area contributed by atoms with Gasteiger partial charge in [0.15, 0.2) is 0 Å². The van der Waals surface area contributed by atoms with E-state index in [1.807, 2.05) is 6.07 Å². The molecule has 0 aromatic rings. The summed E-state index contributed by atoms with van der Waals surface area (Å²) in [5.74, 6) is -0.0888. The molecule has 1 saturated carbocycles. The molecule has 1 fully saturated rings. The number of nitriles is 1. The largest absolute Gasteiger partial charge is 0.396 e. The van der Waals surface area contributed by atoms with Gasteiger partial charge >= 0.3 is 0 Å². The molecule has 0 aromatic heterocycles. The lowest BCUT2D eigenvalue weighted by molar-refractivity contribution is -0.120. The molecular weight excluding hydrogens is 230 g/mol. The predicted molar refractivity (Wildman–Crippen MR) is 68.7 cm³/mol. The van der Waals surface area contributed by atoms with Crippen molar-refractivity contribution in [1.82, 2.24) is 10.6 Å². The van der Waals surface area contributed by atoms with Crippen molar-refractivity contribution in [3.8, 4) is 6.07 Å². The van der Waals surface area contributed by atoms with Gasteiger partial charge in [0.2, 0.25) is 5.91 Å². The maximum atomic E-state index is 11.4. The van der Waals surface area contributed by atoms with Crippen LogP contribution in [0.3, 0.4) is 0 Å². The normalized spacial score (nSPS) is 18.0. The Morgan fingerprint density at radius 1 is 1.33 bits per heavy atom. The number of nitrogens with zero attached hydrogens (tertiary/aromatic N) is 1. The molecule has 0 bridgehead atoms. The zero-order valence-electron chi connectivity index (χ0n) is 10.9. The molecule has 5 heteroatoms. The standard InChI is InChI=1S/C13H23N3O2/c14-7-4-8-16-12(18)9-15-10-13(11-17)5-2-1-3-6-13/h15,17H,1-6,8-11H2,(H,16,18). The van der Waals surface area contributed by atoms with Crippen LogP contribution in [0.15, 0.2) is 0 Å². The Morgan fingerprint density at radius 3 is 2.67 bits per heavy atom. The fourth-order valence-electron chi connectivity index (χ4n) is 2.45. The fourth-order valence-corrected chi connectivity index (χ4v) is 2.45. The molecule has 1 amide bonds. The highest BCUT2D eigenvalue weighted by Crippen LogP contribution is 2.34. The van der Waals surface area contributed by atoms with Gasteiger partial charge in [0.1, 0.15) is 0 Å². The van der Waals surface area contributed by atoms with Crippen molar-refractivity contribution in [3.05, 3.63) is 0 Å². The van der Waals surface area contributed by atoms with E-state index in [1.165, 1.54) is 6.42 Å². The van der Waals surface area contributed by atoms with E-state index in [0.29, 0.717) is 19.5 Å². The third kappa shape index (κ3) is 5.03. The first-order valence-electron chi connectivity index (χ1n) is 6.68. The third-order valence-corrected chi connectivity index (χ3v) is 3.59. The molecule has 0 spiro atoms. The summed E-state index contributed by atoms with van der Waals surface area (Å²) >= 11 is 0. The minimum atomic E-state index is -0.0888. The summed E-state index contributed by atoms with van der Waals surface area (Å²) in [5.41, 5.74) is -0.0365. The fraction of sp³-hybridized carbons (Fsp3) is 0.846. The SMILES string of the molecule is N#CCCNC(=O)CNCC1(CO)CCCCC1. The van der Waals surface area contributed by atoms with Gasteiger partial charge in [0.05, 0.1) is 19.0 Å². The first-order valence-corrected chi connectivity index (χ1v) is 6.68. The van der Waals surface area contributed by atoms with Crippen LogP contribution in [0.1, 0.15) is 38.5 Å². The van der Waals surface area contributed by atoms with Gasteiger partial charge < -0.3 is 15.7 Å². The molecule has 1 rings (SSSR count). The van der Waals surface area contributed by atoms with Gasteiger partial charge in [-0.15, -0.1) is 0 Å². The molecule has 1 aliphatic rings. The molecule has 0 atom stereocenters. The molecule has 0 heterocycles. The molecule has 0 saturated heterocycles. The van der Waals surface area contributed by atoms with Gasteiger partial charge in [0, 0.05) is 25.1 Å². The van der Waals surface area contributed by atoms with Crippen molar-refractivity contribution < 1.29 is 9.90 Å². The van der Waals surface area contributed by atoms with E-state index < -0.39 is 0 Å². The highest BCUT2D eigenvalue weighted by atomic mass is 16.3. The first kappa shape index (κ1) is 14.9. The zero-order chi connectivity index (χ0) is 13.3. The molecular formula is C13H23N3O2. The highest BCUT2D eigenvalue weighted by molar-refractivity contribution is 5.77. The smallest absolute Gasteiger partial charge is 0.233 e. The Bertz CT molecular complexity index is 293. The summed E-state index contributed by atoms with van der Waals surface area (Å²) in [7, 11) is 0. The molecule has 0 aromatic carbocycles. The van der Waals surface area contributed by atoms with Crippen LogP contribution < -0.4 is 10.6 Å². The van der Waals surface area contributed by atoms with E-state index in [-0.39, 0.29) is 24.5 Å². The summed E-state index contributed by atoms with van der Waals surface area (Å²) in [6.07, 6.45) is 5.98. The number of amides is 1. The highest BCUT2D eigenvalue weighted by Gasteiger charge is 2.30. The molecule has 0 unspecified atom stereocenters. The average Bonchev–Trinajstić information content (AvgIpc) is 2.40. The van der Waals surface area contributed by atoms with Gasteiger partial charge in [0.25, 0.3) is 0 Å². The summed E-state index contributed by atoms with van der Waals surface area (Å²) in [6, 6.07) is 1.98. The van der Waals surface area contributed by atoms with Crippen LogP contribution in [0.25, 0.3) is 0 Å². The number of aliphatic hydroxyl groups excluding tert-OH is 1. The summed E-state index contributed by atoms with van der Waals surface area (Å²) in [6.45, 7) is 1.54. The lowest BCUT2D eigenvalue weighted by Gasteiger charge is -2.35. The molecule has 102 valence electrons. The maximum absolute atomic E-state index is 11.4. The second-order valence-corrected chi connectivity index (χ2v) is 5.08. The number of hydrogen-bond donors (Lipinski definition) is 3. The van der Waals surface area contributed by atoms with E-state index in [0.717, 1.165) is 25.7 Å². The second kappa shape index (κ2) is 8.06. The van der Waals surface area contributed by atoms with Crippen LogP contribution in [0.5, 0.6) is 0 Å². The summed E-state index contributed by atoms with van der Waals surface area (Å²) < 4.78 is 0. The van der Waals surface area contributed by atoms with Crippen LogP contribution in [-0.2, 0) is 4.79 Å². The topological polar surface area (TPSA) is 85.2 Å². The quantitative estimate of drug-likeness (QED) is 0.578. The Hall–Kier alpha value is -1.12. The molecule has 3 N–H and O–H groups in total. The Morgan fingerprint density at radius 2 is 2.06 bits per heavy atom. The number of carbonyl (C=O) groups is 1. The van der Waals surface area contributed by atoms with Gasteiger partial charge in [-0.1, -0.05) is 19.3 Å². The van der Waals surface area contributed by atoms with E-state index in [2.05, 4.69) is 10.6 Å². The summed E-state index contributed by atoms with van der Waals surface area (Å²) in [4.78, 5) is 11.4. The van der Waals surface area contributed by atoms with E-state index in [9.17, 15) is 9.90 Å². The van der Waals surface area contributed by atoms with Crippen molar-refractivity contribution in [3.63, 3.8) is 0 Å². The van der Waals surface area contributed by atoms with Gasteiger partial charge in [-0.3, -0.25) is 4.79 Å². The first-order chi connectivity index (χ1) is 8.72. The van der Waals surface area contributed by atoms with E-state index in [4.69, 9.17) is 5.26 Å². The lowest BCUT2D eigenvalue weighted by atomic mass is 9.74. The molecule has 1 aliphatic carbocycles. The Labute approximate surface area is 109 Å². The van der Waals surface area contributed by atoms with Crippen LogP contribution in [0.4, 0.5) is 0 Å². The van der Waals surface area contributed by atoms with Crippen LogP contribution >= 0.6 is 0 Å². The molecule has 0 radical (unpaired) electrons. The van der Waals surface area contributed by atoms with Crippen molar-refractivity contribution in [2.24, 2.45) is 5.41 Å². The zero-order valence-corrected chi connectivity index (χ0v) is 10.9. The minimum absolute atomic E-state index is 0.0365. The van der Waals surface area contributed by atoms with E-state index in [1.54, 1.807) is 0 Å². The van der Waals surface area contributed by atoms with Crippen molar-refractivity contribution in [2.45, 2.75) is 38.5 Å². The second-order valence-electron chi connectivity index (χ2n) is 5.08. The van der Waals surface area contributed by atoms with Crippen molar-refractivity contribution in [2.75, 3.05) is 26.2 Å². The number of rotatable bonds is 7. The minimum Gasteiger partial charge on any atom is -0.396 e. The molecule has 5 nitrogen and oxygen atoms in total. The number of nitrogens with one attached hydrogen (secondary N) is 2. The van der Waals surface area contributed by atoms with Crippen LogP contribution in [-0.4, -0.2) is 37.3 Å². The maximum Gasteiger partial charge on any atom is 0.233 e. The number of carbonyl (C=O) groups excluding carboxylic acids is 1. The molecule has 18 heavy (non-hydrogen) atoms. The van der Waals surface area contributed by atoms with Crippen molar-refractivity contribution >= 4 is 5.91 Å². The van der Waals surface area contributed by atoms with E-state index >= 15 is 0 Å². The average molecular weight is 253 g/mol. The summed E-state index contributed by atoms with van der Waals surface area (Å²) in [5, 5.41) is 23.6.